The molecular formula is C25H31N3O4. The summed E-state index contributed by atoms with van der Waals surface area (Å²) < 4.78 is 6.29. The summed E-state index contributed by atoms with van der Waals surface area (Å²) in [5.41, 5.74) is 2.61. The van der Waals surface area contributed by atoms with Gasteiger partial charge in [0.1, 0.15) is 5.75 Å². The standard InChI is InChI=1S/C25H31N3O4/c29-24(30)17-19-10-11-23(32-22-8-4-5-9-22)20(16-19)18-27-12-14-28(15-13-27)25(31)26-21-6-2-1-3-7-21/h1-3,6-7,10-11,16,22H,4-5,8-9,12-15,17-18H2,(H,26,31)(H,29,30). The van der Waals surface area contributed by atoms with Crippen LogP contribution in [-0.4, -0.2) is 59.2 Å². The van der Waals surface area contributed by atoms with Crippen molar-refractivity contribution < 1.29 is 19.4 Å². The Hall–Kier alpha value is -3.06. The summed E-state index contributed by atoms with van der Waals surface area (Å²) in [6.45, 7) is 3.49. The van der Waals surface area contributed by atoms with Crippen LogP contribution in [0.5, 0.6) is 5.75 Å². The summed E-state index contributed by atoms with van der Waals surface area (Å²) in [6.07, 6.45) is 4.80. The van der Waals surface area contributed by atoms with Crippen LogP contribution in [0.2, 0.25) is 0 Å². The van der Waals surface area contributed by atoms with E-state index in [0.717, 1.165) is 48.5 Å². The lowest BCUT2D eigenvalue weighted by Gasteiger charge is -2.35. The Balaban J connectivity index is 1.37. The molecule has 2 N–H and O–H groups in total. The molecular weight excluding hydrogens is 406 g/mol. The van der Waals surface area contributed by atoms with Crippen LogP contribution in [0.25, 0.3) is 0 Å². The molecule has 32 heavy (non-hydrogen) atoms. The quantitative estimate of drug-likeness (QED) is 0.685. The van der Waals surface area contributed by atoms with Crippen molar-refractivity contribution in [3.05, 3.63) is 59.7 Å². The fraction of sp³-hybridized carbons (Fsp3) is 0.440. The first-order chi connectivity index (χ1) is 15.6. The van der Waals surface area contributed by atoms with Crippen LogP contribution in [0.4, 0.5) is 10.5 Å². The Labute approximate surface area is 189 Å². The molecule has 1 heterocycles. The molecule has 0 unspecified atom stereocenters. The summed E-state index contributed by atoms with van der Waals surface area (Å²) >= 11 is 0. The van der Waals surface area contributed by atoms with E-state index in [2.05, 4.69) is 10.2 Å². The van der Waals surface area contributed by atoms with Gasteiger partial charge in [0, 0.05) is 44.0 Å². The van der Waals surface area contributed by atoms with Gasteiger partial charge in [0.15, 0.2) is 0 Å². The first-order valence-corrected chi connectivity index (χ1v) is 11.4. The topological polar surface area (TPSA) is 82.1 Å². The van der Waals surface area contributed by atoms with Crippen molar-refractivity contribution in [3.63, 3.8) is 0 Å². The number of piperazine rings is 1. The lowest BCUT2D eigenvalue weighted by molar-refractivity contribution is -0.136. The first-order valence-electron chi connectivity index (χ1n) is 11.4. The summed E-state index contributed by atoms with van der Waals surface area (Å²) in [5.74, 6) is 0.0220. The minimum absolute atomic E-state index is 0.00411. The number of para-hydroxylation sites is 1. The highest BCUT2D eigenvalue weighted by Crippen LogP contribution is 2.29. The number of rotatable bonds is 7. The fourth-order valence-electron chi connectivity index (χ4n) is 4.42. The Morgan fingerprint density at radius 3 is 2.41 bits per heavy atom. The normalized spacial score (nSPS) is 17.3. The smallest absolute Gasteiger partial charge is 0.321 e. The molecule has 0 atom stereocenters. The Kier molecular flexibility index (Phi) is 7.27. The molecule has 0 radical (unpaired) electrons. The van der Waals surface area contributed by atoms with Crippen LogP contribution in [0.1, 0.15) is 36.8 Å². The van der Waals surface area contributed by atoms with Crippen LogP contribution in [-0.2, 0) is 17.8 Å². The van der Waals surface area contributed by atoms with Gasteiger partial charge < -0.3 is 20.1 Å². The van der Waals surface area contributed by atoms with Crippen molar-refractivity contribution in [2.75, 3.05) is 31.5 Å². The van der Waals surface area contributed by atoms with Gasteiger partial charge in [0.25, 0.3) is 0 Å². The van der Waals surface area contributed by atoms with E-state index in [4.69, 9.17) is 4.74 Å². The summed E-state index contributed by atoms with van der Waals surface area (Å²) in [6, 6.07) is 15.1. The van der Waals surface area contributed by atoms with Crippen molar-refractivity contribution in [2.45, 2.75) is 44.8 Å². The molecule has 7 nitrogen and oxygen atoms in total. The minimum Gasteiger partial charge on any atom is -0.490 e. The number of carbonyl (C=O) groups is 2. The molecule has 1 aliphatic carbocycles. The van der Waals surface area contributed by atoms with Gasteiger partial charge in [0.2, 0.25) is 0 Å². The molecule has 2 aliphatic rings. The van der Waals surface area contributed by atoms with E-state index >= 15 is 0 Å². The van der Waals surface area contributed by atoms with Crippen LogP contribution in [0, 0.1) is 0 Å². The number of amides is 2. The molecule has 7 heteroatoms. The second-order valence-electron chi connectivity index (χ2n) is 8.60. The SMILES string of the molecule is O=C(O)Cc1ccc(OC2CCCC2)c(CN2CCN(C(=O)Nc3ccccc3)CC2)c1. The second-order valence-corrected chi connectivity index (χ2v) is 8.60. The molecule has 2 amide bonds. The van der Waals surface area contributed by atoms with Gasteiger partial charge in [-0.25, -0.2) is 4.79 Å². The Bertz CT molecular complexity index is 920. The average Bonchev–Trinajstić information content (AvgIpc) is 3.29. The molecule has 1 saturated heterocycles. The number of carboxylic acids is 1. The maximum Gasteiger partial charge on any atom is 0.321 e. The third-order valence-corrected chi connectivity index (χ3v) is 6.15. The van der Waals surface area contributed by atoms with Crippen molar-refractivity contribution in [1.29, 1.82) is 0 Å². The second kappa shape index (κ2) is 10.5. The monoisotopic (exact) mass is 437 g/mol. The third-order valence-electron chi connectivity index (χ3n) is 6.15. The highest BCUT2D eigenvalue weighted by molar-refractivity contribution is 5.89. The van der Waals surface area contributed by atoms with Crippen LogP contribution < -0.4 is 10.1 Å². The maximum atomic E-state index is 12.5. The van der Waals surface area contributed by atoms with Crippen molar-refractivity contribution in [3.8, 4) is 5.75 Å². The van der Waals surface area contributed by atoms with Gasteiger partial charge in [0.05, 0.1) is 12.5 Å². The largest absolute Gasteiger partial charge is 0.490 e. The summed E-state index contributed by atoms with van der Waals surface area (Å²) in [7, 11) is 0. The minimum atomic E-state index is -0.835. The summed E-state index contributed by atoms with van der Waals surface area (Å²) in [4.78, 5) is 27.9. The molecule has 2 fully saturated rings. The van der Waals surface area contributed by atoms with Gasteiger partial charge in [-0.15, -0.1) is 0 Å². The molecule has 2 aromatic carbocycles. The molecule has 170 valence electrons. The van der Waals surface area contributed by atoms with E-state index in [9.17, 15) is 14.7 Å². The van der Waals surface area contributed by atoms with Gasteiger partial charge in [-0.2, -0.15) is 0 Å². The zero-order valence-electron chi connectivity index (χ0n) is 18.3. The van der Waals surface area contributed by atoms with Crippen LogP contribution in [0.3, 0.4) is 0 Å². The zero-order valence-corrected chi connectivity index (χ0v) is 18.3. The zero-order chi connectivity index (χ0) is 22.3. The third kappa shape index (κ3) is 6.01. The van der Waals surface area contributed by atoms with E-state index in [1.165, 1.54) is 12.8 Å². The number of anilines is 1. The number of urea groups is 1. The lowest BCUT2D eigenvalue weighted by Crippen LogP contribution is -2.49. The van der Waals surface area contributed by atoms with Crippen molar-refractivity contribution in [2.24, 2.45) is 0 Å². The number of carbonyl (C=O) groups excluding carboxylic acids is 1. The molecule has 0 bridgehead atoms. The lowest BCUT2D eigenvalue weighted by atomic mass is 10.1. The number of carboxylic acid groups (broad SMARTS) is 1. The average molecular weight is 438 g/mol. The molecule has 0 aromatic heterocycles. The Morgan fingerprint density at radius 2 is 1.72 bits per heavy atom. The number of hydrogen-bond donors (Lipinski definition) is 2. The number of nitrogens with one attached hydrogen (secondary N) is 1. The van der Waals surface area contributed by atoms with Crippen LogP contribution in [0.15, 0.2) is 48.5 Å². The van der Waals surface area contributed by atoms with Gasteiger partial charge in [-0.05, 0) is 49.4 Å². The predicted molar refractivity (Wildman–Crippen MR) is 123 cm³/mol. The fourth-order valence-corrected chi connectivity index (χ4v) is 4.42. The molecule has 4 rings (SSSR count). The van der Waals surface area contributed by atoms with E-state index in [-0.39, 0.29) is 18.6 Å². The number of hydrogen-bond acceptors (Lipinski definition) is 4. The highest BCUT2D eigenvalue weighted by Gasteiger charge is 2.23. The van der Waals surface area contributed by atoms with Gasteiger partial charge in [-0.1, -0.05) is 30.3 Å². The Morgan fingerprint density at radius 1 is 1.00 bits per heavy atom. The molecule has 0 spiro atoms. The highest BCUT2D eigenvalue weighted by atomic mass is 16.5. The molecule has 2 aromatic rings. The number of nitrogens with zero attached hydrogens (tertiary/aromatic N) is 2. The number of aliphatic carboxylic acids is 1. The number of ether oxygens (including phenoxy) is 1. The predicted octanol–water partition coefficient (Wildman–Crippen LogP) is 3.98. The first kappa shape index (κ1) is 22.1. The molecule has 1 saturated carbocycles. The summed E-state index contributed by atoms with van der Waals surface area (Å²) in [5, 5.41) is 12.1. The van der Waals surface area contributed by atoms with E-state index in [0.29, 0.717) is 19.6 Å². The van der Waals surface area contributed by atoms with Gasteiger partial charge in [-0.3, -0.25) is 9.69 Å². The van der Waals surface area contributed by atoms with E-state index < -0.39 is 5.97 Å². The van der Waals surface area contributed by atoms with Gasteiger partial charge >= 0.3 is 12.0 Å². The van der Waals surface area contributed by atoms with E-state index in [1.54, 1.807) is 0 Å². The van der Waals surface area contributed by atoms with Crippen LogP contribution >= 0.6 is 0 Å². The van der Waals surface area contributed by atoms with Crippen molar-refractivity contribution >= 4 is 17.7 Å². The maximum absolute atomic E-state index is 12.5. The van der Waals surface area contributed by atoms with E-state index in [1.807, 2.05) is 53.4 Å². The molecule has 1 aliphatic heterocycles. The van der Waals surface area contributed by atoms with Crippen molar-refractivity contribution in [1.82, 2.24) is 9.80 Å². The number of benzene rings is 2.